The van der Waals surface area contributed by atoms with Gasteiger partial charge in [0, 0.05) is 0 Å². The average Bonchev–Trinajstić information content (AvgIpc) is 2.92. The number of hydrogen-bond acceptors (Lipinski definition) is 4. The van der Waals surface area contributed by atoms with Gasteiger partial charge in [-0.3, -0.25) is 9.59 Å². The van der Waals surface area contributed by atoms with E-state index in [0.29, 0.717) is 4.88 Å². The molecule has 0 spiro atoms. The van der Waals surface area contributed by atoms with Crippen LogP contribution in [0.3, 0.4) is 0 Å². The van der Waals surface area contributed by atoms with Gasteiger partial charge in [-0.05, 0) is 23.6 Å². The lowest BCUT2D eigenvalue weighted by Crippen LogP contribution is -1.66. The highest BCUT2D eigenvalue weighted by atomic mass is 32.1. The van der Waals surface area contributed by atoms with E-state index in [-0.39, 0.29) is 5.76 Å². The van der Waals surface area contributed by atoms with Crippen molar-refractivity contribution in [1.29, 1.82) is 0 Å². The topological polar surface area (TPSA) is 47.3 Å². The fourth-order valence-corrected chi connectivity index (χ4v) is 1.18. The molecule has 2 rings (SSSR count). The van der Waals surface area contributed by atoms with Crippen LogP contribution in [0.5, 0.6) is 0 Å². The summed E-state index contributed by atoms with van der Waals surface area (Å²) >= 11 is 1.40. The molecule has 0 fully saturated rings. The zero-order valence-corrected chi connectivity index (χ0v) is 7.91. The van der Waals surface area contributed by atoms with Gasteiger partial charge in [0.15, 0.2) is 5.76 Å². The molecule has 0 saturated heterocycles. The van der Waals surface area contributed by atoms with Crippen molar-refractivity contribution in [2.75, 3.05) is 0 Å². The van der Waals surface area contributed by atoms with Gasteiger partial charge < -0.3 is 4.42 Å². The molecule has 0 aliphatic rings. The van der Waals surface area contributed by atoms with Gasteiger partial charge in [-0.1, -0.05) is 6.07 Å². The van der Waals surface area contributed by atoms with Gasteiger partial charge >= 0.3 is 0 Å². The van der Waals surface area contributed by atoms with Crippen LogP contribution in [0.1, 0.15) is 10.6 Å². The summed E-state index contributed by atoms with van der Waals surface area (Å²) in [4.78, 5) is 20.1. The highest BCUT2D eigenvalue weighted by molar-refractivity contribution is 7.11. The maximum absolute atomic E-state index is 9.75. The minimum Gasteiger partial charge on any atom is -0.461 e. The minimum atomic E-state index is 0.250. The Kier molecular flexibility index (Phi) is 4.37. The summed E-state index contributed by atoms with van der Waals surface area (Å²) < 4.78 is 4.56. The van der Waals surface area contributed by atoms with Crippen molar-refractivity contribution in [2.24, 2.45) is 0 Å². The molecule has 3 nitrogen and oxygen atoms in total. The molecule has 0 saturated carbocycles. The molecular formula is C10H6O3S. The Labute approximate surface area is 85.0 Å². The molecule has 0 amide bonds. The quantitative estimate of drug-likeness (QED) is 0.754. The molecule has 0 aliphatic carbocycles. The van der Waals surface area contributed by atoms with Crippen LogP contribution in [-0.2, 0) is 9.59 Å². The van der Waals surface area contributed by atoms with Crippen LogP contribution in [0.15, 0.2) is 40.3 Å². The molecule has 0 atom stereocenters. The van der Waals surface area contributed by atoms with Gasteiger partial charge in [-0.25, -0.2) is 0 Å². The Morgan fingerprint density at radius 2 is 2.00 bits per heavy atom. The molecule has 0 unspecified atom stereocenters. The Morgan fingerprint density at radius 3 is 2.29 bits per heavy atom. The fourth-order valence-electron chi connectivity index (χ4n) is 0.673. The molecule has 0 aliphatic heterocycles. The molecule has 0 N–H and O–H groups in total. The number of rotatable bonds is 2. The van der Waals surface area contributed by atoms with Crippen molar-refractivity contribution in [3.8, 4) is 0 Å². The molecule has 2 heterocycles. The monoisotopic (exact) mass is 206 g/mol. The van der Waals surface area contributed by atoms with Crippen molar-refractivity contribution in [3.63, 3.8) is 0 Å². The molecule has 14 heavy (non-hydrogen) atoms. The fraction of sp³-hybridized carbons (Fsp3) is 0. The third kappa shape index (κ3) is 3.37. The molecule has 70 valence electrons. The molecule has 2 aromatic heterocycles. The van der Waals surface area contributed by atoms with E-state index in [1.54, 1.807) is 30.8 Å². The van der Waals surface area contributed by atoms with E-state index in [0.717, 1.165) is 0 Å². The predicted molar refractivity (Wildman–Crippen MR) is 52.6 cm³/mol. The summed E-state index contributed by atoms with van der Waals surface area (Å²) in [6.07, 6.45) is 4.80. The van der Waals surface area contributed by atoms with Gasteiger partial charge in [-0.2, -0.15) is 0 Å². The second kappa shape index (κ2) is 5.88. The summed E-state index contributed by atoms with van der Waals surface area (Å²) in [5.41, 5.74) is 0. The highest BCUT2D eigenvalue weighted by Gasteiger charge is 1.86. The first-order valence-electron chi connectivity index (χ1n) is 3.70. The molecule has 0 aromatic carbocycles. The van der Waals surface area contributed by atoms with Crippen molar-refractivity contribution in [1.82, 2.24) is 0 Å². The number of furan rings is 1. The summed E-state index contributed by atoms with van der Waals surface area (Å²) in [6, 6.07) is 6.75. The average molecular weight is 206 g/mol. The third-order valence-electron chi connectivity index (χ3n) is 1.24. The summed E-state index contributed by atoms with van der Waals surface area (Å²) in [7, 11) is 0. The van der Waals surface area contributed by atoms with E-state index in [4.69, 9.17) is 0 Å². The largest absolute Gasteiger partial charge is 0.461 e. The SMILES string of the molecule is O=[C]c1ccco1.O=[C]c1cccs1. The maximum Gasteiger partial charge on any atom is 0.271 e. The van der Waals surface area contributed by atoms with E-state index in [2.05, 4.69) is 4.42 Å². The zero-order valence-electron chi connectivity index (χ0n) is 7.10. The van der Waals surface area contributed by atoms with Crippen LogP contribution >= 0.6 is 11.3 Å². The van der Waals surface area contributed by atoms with Gasteiger partial charge in [0.1, 0.15) is 0 Å². The maximum atomic E-state index is 9.75. The molecule has 4 heteroatoms. The molecule has 2 aromatic rings. The smallest absolute Gasteiger partial charge is 0.271 e. The summed E-state index contributed by atoms with van der Waals surface area (Å²) in [5.74, 6) is 0.250. The second-order valence-corrected chi connectivity index (χ2v) is 3.11. The normalized spacial score (nSPS) is 8.57. The predicted octanol–water partition coefficient (Wildman–Crippen LogP) is 1.94. The van der Waals surface area contributed by atoms with Gasteiger partial charge in [-0.15, -0.1) is 11.3 Å². The van der Waals surface area contributed by atoms with E-state index < -0.39 is 0 Å². The summed E-state index contributed by atoms with van der Waals surface area (Å²) in [6.45, 7) is 0. The first-order valence-corrected chi connectivity index (χ1v) is 4.58. The highest BCUT2D eigenvalue weighted by Crippen LogP contribution is 2.02. The minimum absolute atomic E-state index is 0.250. The standard InChI is InChI=1S/C5H3O2.C5H3OS/c2*6-4-5-2-1-3-7-5/h2*1-3H. The number of thiophene rings is 1. The third-order valence-corrected chi connectivity index (χ3v) is 2.01. The lowest BCUT2D eigenvalue weighted by Gasteiger charge is -1.67. The summed E-state index contributed by atoms with van der Waals surface area (Å²) in [5, 5.41) is 1.85. The van der Waals surface area contributed by atoms with Gasteiger partial charge in [0.05, 0.1) is 11.1 Å². The zero-order chi connectivity index (χ0) is 10.2. The Balaban J connectivity index is 0.000000140. The molecule has 2 radical (unpaired) electrons. The molecule has 0 bridgehead atoms. The molecular weight excluding hydrogens is 200 g/mol. The van der Waals surface area contributed by atoms with Crippen LogP contribution in [0.25, 0.3) is 0 Å². The van der Waals surface area contributed by atoms with Gasteiger partial charge in [0.2, 0.25) is 6.29 Å². The van der Waals surface area contributed by atoms with Crippen molar-refractivity contribution >= 4 is 23.9 Å². The van der Waals surface area contributed by atoms with Crippen molar-refractivity contribution < 1.29 is 14.0 Å². The van der Waals surface area contributed by atoms with Crippen LogP contribution in [0.4, 0.5) is 0 Å². The van der Waals surface area contributed by atoms with Crippen LogP contribution in [-0.4, -0.2) is 12.6 Å². The van der Waals surface area contributed by atoms with E-state index >= 15 is 0 Å². The first-order chi connectivity index (χ1) is 6.86. The number of carbonyl (C=O) groups excluding carboxylic acids is 2. The van der Waals surface area contributed by atoms with E-state index in [1.807, 2.05) is 11.4 Å². The second-order valence-electron chi connectivity index (χ2n) is 2.16. The van der Waals surface area contributed by atoms with Crippen molar-refractivity contribution in [3.05, 3.63) is 46.5 Å². The van der Waals surface area contributed by atoms with E-state index in [1.165, 1.54) is 17.6 Å². The van der Waals surface area contributed by atoms with Crippen LogP contribution < -0.4 is 0 Å². The Bertz CT molecular complexity index is 324. The van der Waals surface area contributed by atoms with E-state index in [9.17, 15) is 9.59 Å². The van der Waals surface area contributed by atoms with Crippen molar-refractivity contribution in [2.45, 2.75) is 0 Å². The Hall–Kier alpha value is -1.68. The Morgan fingerprint density at radius 1 is 1.14 bits per heavy atom. The van der Waals surface area contributed by atoms with Crippen LogP contribution in [0.2, 0.25) is 0 Å². The van der Waals surface area contributed by atoms with Gasteiger partial charge in [0.25, 0.3) is 6.29 Å². The lowest BCUT2D eigenvalue weighted by molar-refractivity contribution is 0.518. The lowest BCUT2D eigenvalue weighted by atomic mass is 10.5. The first kappa shape index (κ1) is 10.4. The van der Waals surface area contributed by atoms with Crippen LogP contribution in [0, 0.1) is 0 Å². The number of hydrogen-bond donors (Lipinski definition) is 0.